The van der Waals surface area contributed by atoms with Gasteiger partial charge in [0.1, 0.15) is 23.5 Å². The number of hydrogen-bond donors (Lipinski definition) is 4. The monoisotopic (exact) mass is 482 g/mol. The third-order valence-electron chi connectivity index (χ3n) is 6.34. The van der Waals surface area contributed by atoms with Crippen LogP contribution < -0.4 is 16.0 Å². The van der Waals surface area contributed by atoms with Crippen molar-refractivity contribution in [3.05, 3.63) is 89.4 Å². The van der Waals surface area contributed by atoms with Gasteiger partial charge in [0, 0.05) is 41.2 Å². The second-order valence-electron chi connectivity index (χ2n) is 8.71. The lowest BCUT2D eigenvalue weighted by Crippen LogP contribution is -2.44. The van der Waals surface area contributed by atoms with E-state index in [0.29, 0.717) is 37.1 Å². The minimum absolute atomic E-state index is 0.106. The first kappa shape index (κ1) is 24.5. The Balaban J connectivity index is 1.57. The van der Waals surface area contributed by atoms with Crippen molar-refractivity contribution in [1.82, 2.24) is 20.9 Å². The van der Waals surface area contributed by atoms with Crippen molar-refractivity contribution < 1.29 is 19.2 Å². The maximum absolute atomic E-state index is 13.2. The fourth-order valence-electron chi connectivity index (χ4n) is 4.49. The molecule has 0 radical (unpaired) electrons. The van der Waals surface area contributed by atoms with Gasteiger partial charge in [0.25, 0.3) is 5.91 Å². The number of amides is 1. The second-order valence-corrected chi connectivity index (χ2v) is 8.71. The lowest BCUT2D eigenvalue weighted by molar-refractivity contribution is 0.0941. The molecular formula is C28H26N4O4. The van der Waals surface area contributed by atoms with Crippen LogP contribution in [0.15, 0.2) is 78.3 Å². The summed E-state index contributed by atoms with van der Waals surface area (Å²) in [6.45, 7) is 0.640. The molecule has 1 amide bonds. The molecule has 1 fully saturated rings. The minimum Gasteiger partial charge on any atom is -0.379 e. The Morgan fingerprint density at radius 2 is 1.92 bits per heavy atom. The second kappa shape index (κ2) is 11.7. The average Bonchev–Trinajstić information content (AvgIpc) is 3.56. The number of carbonyl (C=O) groups excluding carboxylic acids is 4. The van der Waals surface area contributed by atoms with Crippen LogP contribution in [0.5, 0.6) is 0 Å². The number of aromatic nitrogens is 1. The van der Waals surface area contributed by atoms with Crippen LogP contribution in [0.25, 0.3) is 10.9 Å². The minimum atomic E-state index is -0.732. The summed E-state index contributed by atoms with van der Waals surface area (Å²) in [6.07, 6.45) is 4.50. The predicted octanol–water partition coefficient (Wildman–Crippen LogP) is 2.29. The molecule has 8 heteroatoms. The molecule has 2 heterocycles. The van der Waals surface area contributed by atoms with Crippen LogP contribution in [0.1, 0.15) is 28.8 Å². The number of rotatable bonds is 10. The predicted molar refractivity (Wildman–Crippen MR) is 136 cm³/mol. The summed E-state index contributed by atoms with van der Waals surface area (Å²) < 4.78 is 0. The highest BCUT2D eigenvalue weighted by atomic mass is 16.2. The van der Waals surface area contributed by atoms with Crippen LogP contribution in [0.2, 0.25) is 0 Å². The molecule has 3 atom stereocenters. The van der Waals surface area contributed by atoms with Crippen molar-refractivity contribution in [3.63, 3.8) is 0 Å². The fourth-order valence-corrected chi connectivity index (χ4v) is 4.49. The van der Waals surface area contributed by atoms with Crippen LogP contribution >= 0.6 is 0 Å². The molecule has 8 nitrogen and oxygen atoms in total. The van der Waals surface area contributed by atoms with Crippen LogP contribution in [0.3, 0.4) is 0 Å². The smallest absolute Gasteiger partial charge is 0.251 e. The van der Waals surface area contributed by atoms with Crippen LogP contribution in [-0.4, -0.2) is 47.3 Å². The Morgan fingerprint density at radius 3 is 2.67 bits per heavy atom. The maximum atomic E-state index is 13.2. The Hall–Kier alpha value is -4.60. The van der Waals surface area contributed by atoms with Crippen molar-refractivity contribution in [2.45, 2.75) is 31.3 Å². The number of benzene rings is 2. The summed E-state index contributed by atoms with van der Waals surface area (Å²) in [5, 5.41) is 9.90. The molecule has 2 aromatic carbocycles. The van der Waals surface area contributed by atoms with E-state index in [1.54, 1.807) is 24.3 Å². The normalized spacial score (nSPS) is 16.1. The Kier molecular flexibility index (Phi) is 7.97. The van der Waals surface area contributed by atoms with Gasteiger partial charge in [-0.2, -0.15) is 0 Å². The van der Waals surface area contributed by atoms with Gasteiger partial charge in [0.2, 0.25) is 0 Å². The summed E-state index contributed by atoms with van der Waals surface area (Å²) in [6, 6.07) is 15.3. The topological polar surface area (TPSA) is 120 Å². The summed E-state index contributed by atoms with van der Waals surface area (Å²) in [5.74, 6) is 5.14. The number of allylic oxidation sites excluding steroid dienone is 1. The standard InChI is InChI=1S/C28H26N4O4/c33-13-10-23(16-21-9-12-30-26(21)17-34)31-27(18-35)25(14-19-4-2-1-3-5-19)32-28(36)22-6-7-24-20(15-22)8-11-29-24/h1-8,10-11,15,21,23,25,29-31H,9,12,14,16H2,(H,32,36)/t21-,23?,25?/m0/s1. The fraction of sp³-hybridized carbons (Fsp3) is 0.250. The lowest BCUT2D eigenvalue weighted by Gasteiger charge is -2.25. The van der Waals surface area contributed by atoms with Gasteiger partial charge in [0.05, 0.1) is 17.8 Å². The summed E-state index contributed by atoms with van der Waals surface area (Å²) in [7, 11) is 0. The van der Waals surface area contributed by atoms with Gasteiger partial charge >= 0.3 is 0 Å². The average molecular weight is 483 g/mol. The molecule has 182 valence electrons. The van der Waals surface area contributed by atoms with E-state index in [1.165, 1.54) is 6.08 Å². The van der Waals surface area contributed by atoms with Crippen molar-refractivity contribution in [2.75, 3.05) is 6.54 Å². The van der Waals surface area contributed by atoms with E-state index in [1.807, 2.05) is 54.3 Å². The number of fused-ring (bicyclic) bond motifs is 1. The molecule has 0 saturated carbocycles. The third kappa shape index (κ3) is 5.90. The largest absolute Gasteiger partial charge is 0.379 e. The molecule has 1 aliphatic heterocycles. The zero-order chi connectivity index (χ0) is 25.3. The molecule has 0 aliphatic carbocycles. The van der Waals surface area contributed by atoms with E-state index < -0.39 is 12.1 Å². The van der Waals surface area contributed by atoms with E-state index in [4.69, 9.17) is 0 Å². The van der Waals surface area contributed by atoms with E-state index in [-0.39, 0.29) is 17.5 Å². The molecule has 3 aromatic rings. The number of aromatic amines is 1. The van der Waals surface area contributed by atoms with E-state index in [9.17, 15) is 19.2 Å². The Bertz CT molecular complexity index is 1380. The molecule has 0 bridgehead atoms. The molecule has 2 unspecified atom stereocenters. The summed E-state index contributed by atoms with van der Waals surface area (Å²) >= 11 is 0. The van der Waals surface area contributed by atoms with Gasteiger partial charge in [-0.05, 0) is 49.1 Å². The first-order valence-corrected chi connectivity index (χ1v) is 11.7. The lowest BCUT2D eigenvalue weighted by atomic mass is 9.95. The van der Waals surface area contributed by atoms with Gasteiger partial charge in [-0.15, -0.1) is 0 Å². The Labute approximate surface area is 208 Å². The first-order valence-electron chi connectivity index (χ1n) is 11.7. The Morgan fingerprint density at radius 1 is 1.08 bits per heavy atom. The SMILES string of the molecule is O=C=CC(C[C@@H]1CCNC1=C=O)NC(=C=O)C(Cc1ccccc1)NC(=O)c1ccc2[nH]ccc2c1. The van der Waals surface area contributed by atoms with Crippen LogP contribution in [0.4, 0.5) is 0 Å². The third-order valence-corrected chi connectivity index (χ3v) is 6.34. The van der Waals surface area contributed by atoms with Crippen molar-refractivity contribution >= 4 is 34.6 Å². The van der Waals surface area contributed by atoms with Gasteiger partial charge in [-0.3, -0.25) is 4.79 Å². The number of carbonyl (C=O) groups is 1. The summed E-state index contributed by atoms with van der Waals surface area (Å²) in [4.78, 5) is 50.8. The van der Waals surface area contributed by atoms with Crippen molar-refractivity contribution in [2.24, 2.45) is 5.92 Å². The molecule has 1 aliphatic rings. The van der Waals surface area contributed by atoms with Crippen molar-refractivity contribution in [1.29, 1.82) is 0 Å². The van der Waals surface area contributed by atoms with Gasteiger partial charge < -0.3 is 20.9 Å². The molecule has 36 heavy (non-hydrogen) atoms. The maximum Gasteiger partial charge on any atom is 0.251 e. The number of H-pyrrole nitrogens is 1. The van der Waals surface area contributed by atoms with Gasteiger partial charge in [0.15, 0.2) is 0 Å². The van der Waals surface area contributed by atoms with Gasteiger partial charge in [-0.25, -0.2) is 14.4 Å². The van der Waals surface area contributed by atoms with Gasteiger partial charge in [-0.1, -0.05) is 30.3 Å². The van der Waals surface area contributed by atoms with E-state index >= 15 is 0 Å². The highest BCUT2D eigenvalue weighted by Crippen LogP contribution is 2.23. The molecule has 4 N–H and O–H groups in total. The molecule has 1 saturated heterocycles. The van der Waals surface area contributed by atoms with Crippen molar-refractivity contribution in [3.8, 4) is 0 Å². The zero-order valence-corrected chi connectivity index (χ0v) is 19.5. The molecule has 0 spiro atoms. The molecular weight excluding hydrogens is 456 g/mol. The van der Waals surface area contributed by atoms with E-state index in [0.717, 1.165) is 16.5 Å². The van der Waals surface area contributed by atoms with E-state index in [2.05, 4.69) is 20.9 Å². The molecule has 1 aromatic heterocycles. The molecule has 4 rings (SSSR count). The number of nitrogens with one attached hydrogen (secondary N) is 4. The van der Waals surface area contributed by atoms with Crippen LogP contribution in [0, 0.1) is 5.92 Å². The highest BCUT2D eigenvalue weighted by Gasteiger charge is 2.27. The summed E-state index contributed by atoms with van der Waals surface area (Å²) in [5.41, 5.74) is 2.83. The zero-order valence-electron chi connectivity index (χ0n) is 19.5. The highest BCUT2D eigenvalue weighted by molar-refractivity contribution is 5.98. The quantitative estimate of drug-likeness (QED) is 0.329. The number of hydrogen-bond acceptors (Lipinski definition) is 6. The first-order chi connectivity index (χ1) is 17.6. The van der Waals surface area contributed by atoms with Crippen LogP contribution in [-0.2, 0) is 20.8 Å².